The average molecular weight is 197 g/mol. The van der Waals surface area contributed by atoms with E-state index >= 15 is 0 Å². The summed E-state index contributed by atoms with van der Waals surface area (Å²) in [5, 5.41) is 10.1. The number of fused-ring (bicyclic) bond motifs is 1. The topological polar surface area (TPSA) is 84.9 Å². The number of hydrogen-bond acceptors (Lipinski definition) is 4. The SMILES string of the molecule is C[S+]([O-])c1nc(O)c2cc[nH]c2n1. The van der Waals surface area contributed by atoms with Gasteiger partial charge in [0.2, 0.25) is 5.88 Å². The molecule has 0 fully saturated rings. The predicted molar refractivity (Wildman–Crippen MR) is 47.9 cm³/mol. The first kappa shape index (κ1) is 8.33. The molecule has 2 N–H and O–H groups in total. The summed E-state index contributed by atoms with van der Waals surface area (Å²) in [5.41, 5.74) is 0.498. The van der Waals surface area contributed by atoms with Gasteiger partial charge in [0, 0.05) is 17.4 Å². The van der Waals surface area contributed by atoms with Crippen LogP contribution in [-0.4, -0.2) is 30.9 Å². The molecule has 0 aliphatic rings. The third kappa shape index (κ3) is 1.34. The van der Waals surface area contributed by atoms with E-state index < -0.39 is 11.2 Å². The van der Waals surface area contributed by atoms with Gasteiger partial charge in [-0.15, -0.1) is 4.98 Å². The summed E-state index contributed by atoms with van der Waals surface area (Å²) in [6.45, 7) is 0. The molecule has 2 aromatic rings. The number of nitrogens with zero attached hydrogens (tertiary/aromatic N) is 2. The lowest BCUT2D eigenvalue weighted by Gasteiger charge is -2.01. The zero-order valence-corrected chi connectivity index (χ0v) is 7.63. The number of nitrogens with one attached hydrogen (secondary N) is 1. The standard InChI is InChI=1S/C7H7N3O2S/c1-13(12)7-9-5-4(2-3-8-5)6(11)10-7/h2-3H,1H3,(H2,8,9,10,11). The second-order valence-electron chi connectivity index (χ2n) is 2.52. The minimum absolute atomic E-state index is 0.132. The molecule has 2 heterocycles. The van der Waals surface area contributed by atoms with Crippen molar-refractivity contribution in [2.24, 2.45) is 0 Å². The Morgan fingerprint density at radius 2 is 2.31 bits per heavy atom. The summed E-state index contributed by atoms with van der Waals surface area (Å²) < 4.78 is 11.0. The Bertz CT molecular complexity index is 440. The first-order valence-corrected chi connectivity index (χ1v) is 5.12. The van der Waals surface area contributed by atoms with E-state index in [1.54, 1.807) is 12.3 Å². The maximum absolute atomic E-state index is 11.0. The van der Waals surface area contributed by atoms with Crippen LogP contribution in [0.3, 0.4) is 0 Å². The number of H-pyrrole nitrogens is 1. The summed E-state index contributed by atoms with van der Waals surface area (Å²) in [6.07, 6.45) is 3.10. The molecule has 1 unspecified atom stereocenters. The summed E-state index contributed by atoms with van der Waals surface area (Å²) in [4.78, 5) is 10.5. The lowest BCUT2D eigenvalue weighted by atomic mass is 10.4. The number of aromatic amines is 1. The van der Waals surface area contributed by atoms with E-state index in [1.165, 1.54) is 6.26 Å². The minimum atomic E-state index is -1.28. The van der Waals surface area contributed by atoms with Gasteiger partial charge in [-0.2, -0.15) is 4.98 Å². The molecule has 6 heteroatoms. The van der Waals surface area contributed by atoms with Crippen molar-refractivity contribution in [2.75, 3.05) is 6.26 Å². The van der Waals surface area contributed by atoms with Crippen LogP contribution in [0.25, 0.3) is 11.0 Å². The fourth-order valence-electron chi connectivity index (χ4n) is 1.03. The molecular weight excluding hydrogens is 190 g/mol. The van der Waals surface area contributed by atoms with E-state index in [-0.39, 0.29) is 11.0 Å². The zero-order valence-electron chi connectivity index (χ0n) is 6.81. The van der Waals surface area contributed by atoms with Crippen molar-refractivity contribution in [2.45, 2.75) is 5.16 Å². The Kier molecular flexibility index (Phi) is 1.86. The molecule has 0 saturated carbocycles. The largest absolute Gasteiger partial charge is 0.609 e. The van der Waals surface area contributed by atoms with Crippen molar-refractivity contribution in [1.82, 2.24) is 15.0 Å². The second kappa shape index (κ2) is 2.90. The predicted octanol–water partition coefficient (Wildman–Crippen LogP) is 0.401. The molecule has 0 radical (unpaired) electrons. The quantitative estimate of drug-likeness (QED) is 0.512. The third-order valence-electron chi connectivity index (χ3n) is 1.63. The molecule has 0 aromatic carbocycles. The van der Waals surface area contributed by atoms with E-state index in [0.717, 1.165) is 0 Å². The highest BCUT2D eigenvalue weighted by molar-refractivity contribution is 7.90. The Balaban J connectivity index is 2.70. The molecule has 13 heavy (non-hydrogen) atoms. The van der Waals surface area contributed by atoms with Gasteiger partial charge in [0.05, 0.1) is 5.39 Å². The minimum Gasteiger partial charge on any atom is -0.609 e. The number of hydrogen-bond donors (Lipinski definition) is 2. The van der Waals surface area contributed by atoms with Crippen LogP contribution in [-0.2, 0) is 11.2 Å². The number of aromatic nitrogens is 3. The lowest BCUT2D eigenvalue weighted by Crippen LogP contribution is -2.03. The molecule has 68 valence electrons. The van der Waals surface area contributed by atoms with Crippen LogP contribution >= 0.6 is 0 Å². The van der Waals surface area contributed by atoms with E-state index in [2.05, 4.69) is 15.0 Å². The van der Waals surface area contributed by atoms with Gasteiger partial charge in [-0.1, -0.05) is 0 Å². The molecule has 2 aromatic heterocycles. The smallest absolute Gasteiger partial charge is 0.347 e. The zero-order chi connectivity index (χ0) is 9.42. The molecule has 0 aliphatic carbocycles. The van der Waals surface area contributed by atoms with Gasteiger partial charge in [0.1, 0.15) is 11.9 Å². The normalized spacial score (nSPS) is 13.4. The summed E-state index contributed by atoms with van der Waals surface area (Å²) in [5.74, 6) is -0.142. The third-order valence-corrected chi connectivity index (χ3v) is 2.33. The van der Waals surface area contributed by atoms with Crippen molar-refractivity contribution in [3.8, 4) is 5.88 Å². The van der Waals surface area contributed by atoms with Gasteiger partial charge in [-0.3, -0.25) is 0 Å². The molecule has 0 saturated heterocycles. The van der Waals surface area contributed by atoms with Crippen LogP contribution < -0.4 is 0 Å². The lowest BCUT2D eigenvalue weighted by molar-refractivity contribution is 0.451. The maximum atomic E-state index is 11.0. The number of aromatic hydroxyl groups is 1. The van der Waals surface area contributed by atoms with Gasteiger partial charge < -0.3 is 14.6 Å². The first-order valence-electron chi connectivity index (χ1n) is 3.56. The number of rotatable bonds is 1. The van der Waals surface area contributed by atoms with Crippen molar-refractivity contribution in [1.29, 1.82) is 0 Å². The van der Waals surface area contributed by atoms with Crippen LogP contribution in [0.2, 0.25) is 0 Å². The summed E-state index contributed by atoms with van der Waals surface area (Å²) >= 11 is -1.28. The molecule has 0 aliphatic heterocycles. The summed E-state index contributed by atoms with van der Waals surface area (Å²) in [6, 6.07) is 1.66. The van der Waals surface area contributed by atoms with Crippen molar-refractivity contribution < 1.29 is 9.66 Å². The van der Waals surface area contributed by atoms with E-state index in [4.69, 9.17) is 0 Å². The van der Waals surface area contributed by atoms with Crippen molar-refractivity contribution in [3.05, 3.63) is 12.3 Å². The van der Waals surface area contributed by atoms with Gasteiger partial charge >= 0.3 is 5.16 Å². The van der Waals surface area contributed by atoms with Crippen LogP contribution in [0.4, 0.5) is 0 Å². The Morgan fingerprint density at radius 3 is 3.00 bits per heavy atom. The van der Waals surface area contributed by atoms with E-state index in [9.17, 15) is 9.66 Å². The van der Waals surface area contributed by atoms with E-state index in [0.29, 0.717) is 11.0 Å². The maximum Gasteiger partial charge on any atom is 0.347 e. The highest BCUT2D eigenvalue weighted by Crippen LogP contribution is 2.20. The Morgan fingerprint density at radius 1 is 1.54 bits per heavy atom. The summed E-state index contributed by atoms with van der Waals surface area (Å²) in [7, 11) is 0. The van der Waals surface area contributed by atoms with Gasteiger partial charge in [0.15, 0.2) is 0 Å². The van der Waals surface area contributed by atoms with Gasteiger partial charge in [-0.05, 0) is 6.07 Å². The van der Waals surface area contributed by atoms with Gasteiger partial charge in [-0.25, -0.2) is 0 Å². The van der Waals surface area contributed by atoms with Crippen LogP contribution in [0.1, 0.15) is 0 Å². The Labute approximate surface area is 77.0 Å². The van der Waals surface area contributed by atoms with Gasteiger partial charge in [0.25, 0.3) is 0 Å². The fourth-order valence-corrected chi connectivity index (χ4v) is 1.47. The molecule has 0 bridgehead atoms. The second-order valence-corrected chi connectivity index (χ2v) is 3.80. The fraction of sp³-hybridized carbons (Fsp3) is 0.143. The van der Waals surface area contributed by atoms with Crippen molar-refractivity contribution >= 4 is 22.2 Å². The Hall–Kier alpha value is -1.27. The highest BCUT2D eigenvalue weighted by Gasteiger charge is 2.13. The highest BCUT2D eigenvalue weighted by atomic mass is 32.2. The first-order chi connectivity index (χ1) is 6.18. The molecule has 1 atom stereocenters. The molecular formula is C7H7N3O2S. The molecule has 0 spiro atoms. The molecule has 0 amide bonds. The van der Waals surface area contributed by atoms with Crippen LogP contribution in [0.15, 0.2) is 17.4 Å². The van der Waals surface area contributed by atoms with Crippen LogP contribution in [0.5, 0.6) is 5.88 Å². The molecule has 2 rings (SSSR count). The van der Waals surface area contributed by atoms with E-state index in [1.807, 2.05) is 0 Å². The van der Waals surface area contributed by atoms with Crippen molar-refractivity contribution in [3.63, 3.8) is 0 Å². The average Bonchev–Trinajstić information content (AvgIpc) is 2.51. The van der Waals surface area contributed by atoms with Crippen LogP contribution in [0, 0.1) is 0 Å². The monoisotopic (exact) mass is 197 g/mol. The molecule has 5 nitrogen and oxygen atoms in total.